The number of hydrogen-bond donors (Lipinski definition) is 1. The van der Waals surface area contributed by atoms with Crippen molar-refractivity contribution < 1.29 is 4.74 Å². The molecule has 1 N–H and O–H groups in total. The molecule has 1 heterocycles. The highest BCUT2D eigenvalue weighted by Crippen LogP contribution is 2.52. The summed E-state index contributed by atoms with van der Waals surface area (Å²) in [5, 5.41) is 4.85. The topological polar surface area (TPSA) is 21.3 Å². The second kappa shape index (κ2) is 6.34. The smallest absolute Gasteiger partial charge is 0.119 e. The molecular formula is C20H19Cl2NO. The normalized spacial score (nSPS) is 24.2. The van der Waals surface area contributed by atoms with Crippen molar-refractivity contribution in [1.29, 1.82) is 0 Å². The number of hydrogen-bond acceptors (Lipinski definition) is 2. The van der Waals surface area contributed by atoms with E-state index in [1.54, 1.807) is 0 Å². The van der Waals surface area contributed by atoms with Gasteiger partial charge in [-0.2, -0.15) is 0 Å². The number of fused-ring (bicyclic) bond motifs is 3. The Morgan fingerprint density at radius 1 is 1.12 bits per heavy atom. The van der Waals surface area contributed by atoms with E-state index in [1.807, 2.05) is 25.1 Å². The quantitative estimate of drug-likeness (QED) is 0.656. The standard InChI is InChI=1S/C20H19Cl2NO/c1-2-24-13-8-6-12(7-9-13)19-15-5-3-4-14(15)16-10-11-17(21)18(22)20(16)23-19/h3-4,6-11,14-15,19,23H,2,5H2,1H3/t14-,15+,19+/m1/s1. The first-order valence-electron chi connectivity index (χ1n) is 8.33. The molecule has 0 unspecified atom stereocenters. The van der Waals surface area contributed by atoms with Crippen LogP contribution in [0.15, 0.2) is 48.6 Å². The SMILES string of the molecule is CCOc1ccc([C@@H]2Nc3c(ccc(Cl)c3Cl)[C@@H]3C=CC[C@@H]32)cc1. The summed E-state index contributed by atoms with van der Waals surface area (Å²) in [5.41, 5.74) is 3.46. The monoisotopic (exact) mass is 359 g/mol. The molecule has 0 saturated heterocycles. The lowest BCUT2D eigenvalue weighted by atomic mass is 9.77. The molecule has 1 aliphatic heterocycles. The van der Waals surface area contributed by atoms with Crippen molar-refractivity contribution in [2.24, 2.45) is 5.92 Å². The largest absolute Gasteiger partial charge is 0.494 e. The van der Waals surface area contributed by atoms with Crippen LogP contribution in [0.1, 0.15) is 36.4 Å². The number of anilines is 1. The van der Waals surface area contributed by atoms with Crippen LogP contribution < -0.4 is 10.1 Å². The van der Waals surface area contributed by atoms with Gasteiger partial charge in [-0.15, -0.1) is 0 Å². The zero-order chi connectivity index (χ0) is 16.7. The maximum Gasteiger partial charge on any atom is 0.119 e. The highest BCUT2D eigenvalue weighted by atomic mass is 35.5. The van der Waals surface area contributed by atoms with Crippen LogP contribution in [0.5, 0.6) is 5.75 Å². The molecule has 0 saturated carbocycles. The van der Waals surface area contributed by atoms with E-state index in [1.165, 1.54) is 11.1 Å². The van der Waals surface area contributed by atoms with E-state index in [4.69, 9.17) is 27.9 Å². The Morgan fingerprint density at radius 2 is 1.92 bits per heavy atom. The van der Waals surface area contributed by atoms with Crippen LogP contribution in [0.2, 0.25) is 10.0 Å². The lowest BCUT2D eigenvalue weighted by Gasteiger charge is -2.38. The molecule has 0 bridgehead atoms. The zero-order valence-corrected chi connectivity index (χ0v) is 14.9. The second-order valence-corrected chi connectivity index (χ2v) is 7.09. The molecule has 1 aliphatic carbocycles. The number of rotatable bonds is 3. The predicted molar refractivity (Wildman–Crippen MR) is 100 cm³/mol. The zero-order valence-electron chi connectivity index (χ0n) is 13.4. The van der Waals surface area contributed by atoms with Gasteiger partial charge >= 0.3 is 0 Å². The van der Waals surface area contributed by atoms with Crippen molar-refractivity contribution >= 4 is 28.9 Å². The van der Waals surface area contributed by atoms with Crippen molar-refractivity contribution in [1.82, 2.24) is 0 Å². The van der Waals surface area contributed by atoms with Gasteiger partial charge in [-0.25, -0.2) is 0 Å². The summed E-state index contributed by atoms with van der Waals surface area (Å²) in [7, 11) is 0. The summed E-state index contributed by atoms with van der Waals surface area (Å²) in [5.74, 6) is 1.78. The molecule has 4 heteroatoms. The lowest BCUT2D eigenvalue weighted by molar-refractivity contribution is 0.340. The molecule has 0 spiro atoms. The van der Waals surface area contributed by atoms with Gasteiger partial charge in [-0.3, -0.25) is 0 Å². The summed E-state index contributed by atoms with van der Waals surface area (Å²) in [6.07, 6.45) is 5.64. The third-order valence-corrected chi connectivity index (χ3v) is 5.78. The van der Waals surface area contributed by atoms with Gasteiger partial charge in [0.15, 0.2) is 0 Å². The van der Waals surface area contributed by atoms with Gasteiger partial charge in [0.2, 0.25) is 0 Å². The van der Waals surface area contributed by atoms with Crippen LogP contribution in [0.4, 0.5) is 5.69 Å². The maximum atomic E-state index is 6.48. The summed E-state index contributed by atoms with van der Waals surface area (Å²) in [6, 6.07) is 12.6. The Bertz CT molecular complexity index is 785. The Kier molecular flexibility index (Phi) is 4.19. The number of halogens is 2. The first-order chi connectivity index (χ1) is 11.7. The van der Waals surface area contributed by atoms with Gasteiger partial charge in [-0.1, -0.05) is 53.6 Å². The Labute approximate surface area is 152 Å². The maximum absolute atomic E-state index is 6.48. The van der Waals surface area contributed by atoms with Crippen LogP contribution in [-0.4, -0.2) is 6.61 Å². The highest BCUT2D eigenvalue weighted by Gasteiger charge is 2.38. The fourth-order valence-electron chi connectivity index (χ4n) is 3.87. The van der Waals surface area contributed by atoms with Crippen LogP contribution >= 0.6 is 23.2 Å². The molecular weight excluding hydrogens is 341 g/mol. The number of allylic oxidation sites excluding steroid dienone is 2. The van der Waals surface area contributed by atoms with Crippen LogP contribution in [0.25, 0.3) is 0 Å². The van der Waals surface area contributed by atoms with E-state index in [-0.39, 0.29) is 6.04 Å². The molecule has 2 aliphatic rings. The lowest BCUT2D eigenvalue weighted by Crippen LogP contribution is -2.29. The molecule has 3 atom stereocenters. The minimum atomic E-state index is 0.212. The van der Waals surface area contributed by atoms with Gasteiger partial charge in [0, 0.05) is 5.92 Å². The first kappa shape index (κ1) is 15.9. The minimum absolute atomic E-state index is 0.212. The van der Waals surface area contributed by atoms with Gasteiger partial charge in [-0.05, 0) is 48.6 Å². The van der Waals surface area contributed by atoms with Crippen LogP contribution in [0.3, 0.4) is 0 Å². The van der Waals surface area contributed by atoms with E-state index in [2.05, 4.69) is 35.7 Å². The van der Waals surface area contributed by atoms with E-state index in [9.17, 15) is 0 Å². The van der Waals surface area contributed by atoms with Gasteiger partial charge in [0.25, 0.3) is 0 Å². The number of benzene rings is 2. The first-order valence-corrected chi connectivity index (χ1v) is 9.08. The minimum Gasteiger partial charge on any atom is -0.494 e. The van der Waals surface area contributed by atoms with E-state index in [0.29, 0.717) is 28.5 Å². The van der Waals surface area contributed by atoms with Gasteiger partial charge < -0.3 is 10.1 Å². The van der Waals surface area contributed by atoms with Crippen molar-refractivity contribution in [3.63, 3.8) is 0 Å². The Hall–Kier alpha value is -1.64. The summed E-state index contributed by atoms with van der Waals surface area (Å²) in [4.78, 5) is 0. The van der Waals surface area contributed by atoms with Crippen LogP contribution in [-0.2, 0) is 0 Å². The molecule has 2 aromatic carbocycles. The molecule has 0 aromatic heterocycles. The molecule has 0 radical (unpaired) electrons. The molecule has 124 valence electrons. The number of ether oxygens (including phenoxy) is 1. The summed E-state index contributed by atoms with van der Waals surface area (Å²) in [6.45, 7) is 2.67. The van der Waals surface area contributed by atoms with Gasteiger partial charge in [0.1, 0.15) is 5.75 Å². The third-order valence-electron chi connectivity index (χ3n) is 4.98. The molecule has 24 heavy (non-hydrogen) atoms. The average molecular weight is 360 g/mol. The van der Waals surface area contributed by atoms with E-state index >= 15 is 0 Å². The Balaban J connectivity index is 1.73. The molecule has 2 nitrogen and oxygen atoms in total. The Morgan fingerprint density at radius 3 is 2.67 bits per heavy atom. The van der Waals surface area contributed by atoms with Crippen LogP contribution in [0, 0.1) is 5.92 Å². The average Bonchev–Trinajstić information content (AvgIpc) is 3.08. The van der Waals surface area contributed by atoms with Crippen molar-refractivity contribution in [2.45, 2.75) is 25.3 Å². The van der Waals surface area contributed by atoms with E-state index < -0.39 is 0 Å². The molecule has 4 rings (SSSR count). The third kappa shape index (κ3) is 2.58. The van der Waals surface area contributed by atoms with Gasteiger partial charge in [0.05, 0.1) is 28.4 Å². The van der Waals surface area contributed by atoms with Crippen molar-refractivity contribution in [3.05, 3.63) is 69.7 Å². The van der Waals surface area contributed by atoms with Crippen molar-refractivity contribution in [2.75, 3.05) is 11.9 Å². The molecule has 0 amide bonds. The molecule has 0 fully saturated rings. The predicted octanol–water partition coefficient (Wildman–Crippen LogP) is 6.22. The fraction of sp³-hybridized carbons (Fsp3) is 0.300. The number of nitrogens with one attached hydrogen (secondary N) is 1. The summed E-state index contributed by atoms with van der Waals surface area (Å²) >= 11 is 12.7. The molecule has 2 aromatic rings. The highest BCUT2D eigenvalue weighted by molar-refractivity contribution is 6.43. The second-order valence-electron chi connectivity index (χ2n) is 6.30. The summed E-state index contributed by atoms with van der Waals surface area (Å²) < 4.78 is 5.55. The van der Waals surface area contributed by atoms with E-state index in [0.717, 1.165) is 17.9 Å². The fourth-order valence-corrected chi connectivity index (χ4v) is 4.25. The van der Waals surface area contributed by atoms with Crippen molar-refractivity contribution in [3.8, 4) is 5.75 Å².